The van der Waals surface area contributed by atoms with E-state index in [0.717, 1.165) is 11.4 Å². The summed E-state index contributed by atoms with van der Waals surface area (Å²) < 4.78 is 5.00. The van der Waals surface area contributed by atoms with Crippen molar-refractivity contribution in [2.45, 2.75) is 27.4 Å². The van der Waals surface area contributed by atoms with Gasteiger partial charge < -0.3 is 9.72 Å². The van der Waals surface area contributed by atoms with Crippen LogP contribution in [0.25, 0.3) is 0 Å². The number of nitrogens with one attached hydrogen (secondary N) is 2. The molecule has 1 aromatic rings. The minimum absolute atomic E-state index is 0.210. The van der Waals surface area contributed by atoms with Crippen LogP contribution in [0.3, 0.4) is 0 Å². The molecule has 2 N–H and O–H groups in total. The van der Waals surface area contributed by atoms with Crippen molar-refractivity contribution in [3.05, 3.63) is 23.5 Å². The fraction of sp³-hybridized carbons (Fsp3) is 0.500. The minimum Gasteiger partial charge on any atom is -0.378 e. The van der Waals surface area contributed by atoms with Gasteiger partial charge in [-0.05, 0) is 12.1 Å². The molecule has 16 heavy (non-hydrogen) atoms. The fourth-order valence-corrected chi connectivity index (χ4v) is 1.10. The van der Waals surface area contributed by atoms with Gasteiger partial charge in [0.25, 0.3) is 0 Å². The lowest BCUT2D eigenvalue weighted by Crippen LogP contribution is -2.16. The van der Waals surface area contributed by atoms with Crippen LogP contribution >= 0.6 is 0 Å². The highest BCUT2D eigenvalue weighted by Crippen LogP contribution is 2.15. The number of hydrogen-bond donors (Lipinski definition) is 2. The van der Waals surface area contributed by atoms with E-state index in [1.807, 2.05) is 32.9 Å². The standard InChI is InChI=1S/C12H19N3O/c1-12(2,3)11(13)14-7-9-5-6-10(15-9)8-16-4/h5-7,13,15H,8H2,1-4H3/b13-11?,14-7-. The number of methoxy groups -OCH3 is 1. The second-order valence-corrected chi connectivity index (χ2v) is 4.73. The molecule has 1 rings (SSSR count). The Hall–Kier alpha value is -1.42. The lowest BCUT2D eigenvalue weighted by Gasteiger charge is -2.14. The molecule has 0 saturated heterocycles. The van der Waals surface area contributed by atoms with Crippen molar-refractivity contribution in [2.75, 3.05) is 7.11 Å². The van der Waals surface area contributed by atoms with E-state index in [1.165, 1.54) is 0 Å². The zero-order valence-electron chi connectivity index (χ0n) is 10.3. The molecule has 0 unspecified atom stereocenters. The fourth-order valence-electron chi connectivity index (χ4n) is 1.10. The number of aromatic nitrogens is 1. The third-order valence-corrected chi connectivity index (χ3v) is 2.11. The van der Waals surface area contributed by atoms with E-state index in [2.05, 4.69) is 9.98 Å². The molecule has 0 amide bonds. The van der Waals surface area contributed by atoms with Crippen molar-refractivity contribution in [3.8, 4) is 0 Å². The van der Waals surface area contributed by atoms with Crippen molar-refractivity contribution in [2.24, 2.45) is 10.4 Å². The molecule has 0 aliphatic heterocycles. The van der Waals surface area contributed by atoms with Gasteiger partial charge in [-0.3, -0.25) is 5.41 Å². The van der Waals surface area contributed by atoms with E-state index < -0.39 is 0 Å². The SMILES string of the molecule is COCc1ccc(/C=N\C(=N)C(C)(C)C)[nH]1. The number of aromatic amines is 1. The molecule has 0 aromatic carbocycles. The van der Waals surface area contributed by atoms with Gasteiger partial charge in [0, 0.05) is 18.2 Å². The number of aliphatic imine (C=N–C) groups is 1. The average molecular weight is 221 g/mol. The summed E-state index contributed by atoms with van der Waals surface area (Å²) in [7, 11) is 1.66. The summed E-state index contributed by atoms with van der Waals surface area (Å²) >= 11 is 0. The monoisotopic (exact) mass is 221 g/mol. The van der Waals surface area contributed by atoms with Crippen LogP contribution < -0.4 is 0 Å². The van der Waals surface area contributed by atoms with Crippen molar-refractivity contribution in [1.82, 2.24) is 4.98 Å². The van der Waals surface area contributed by atoms with Gasteiger partial charge in [0.2, 0.25) is 0 Å². The van der Waals surface area contributed by atoms with Gasteiger partial charge in [-0.15, -0.1) is 0 Å². The van der Waals surface area contributed by atoms with Gasteiger partial charge in [-0.1, -0.05) is 20.8 Å². The molecule has 0 bridgehead atoms. The summed E-state index contributed by atoms with van der Waals surface area (Å²) in [5, 5.41) is 7.74. The predicted octanol–water partition coefficient (Wildman–Crippen LogP) is 2.60. The molecule has 0 spiro atoms. The number of hydrogen-bond acceptors (Lipinski definition) is 2. The first-order valence-electron chi connectivity index (χ1n) is 5.23. The summed E-state index contributed by atoms with van der Waals surface area (Å²) in [4.78, 5) is 7.28. The Morgan fingerprint density at radius 1 is 1.50 bits per heavy atom. The topological polar surface area (TPSA) is 61.2 Å². The van der Waals surface area contributed by atoms with Gasteiger partial charge in [0.05, 0.1) is 18.5 Å². The lowest BCUT2D eigenvalue weighted by atomic mass is 9.95. The van der Waals surface area contributed by atoms with Gasteiger partial charge in [0.15, 0.2) is 0 Å². The van der Waals surface area contributed by atoms with E-state index in [0.29, 0.717) is 12.4 Å². The number of rotatable bonds is 3. The van der Waals surface area contributed by atoms with Crippen LogP contribution in [0.15, 0.2) is 17.1 Å². The summed E-state index contributed by atoms with van der Waals surface area (Å²) in [6.07, 6.45) is 1.67. The largest absolute Gasteiger partial charge is 0.378 e. The maximum absolute atomic E-state index is 7.74. The quantitative estimate of drug-likeness (QED) is 0.598. The molecule has 0 atom stereocenters. The lowest BCUT2D eigenvalue weighted by molar-refractivity contribution is 0.182. The van der Waals surface area contributed by atoms with Crippen LogP contribution in [0.2, 0.25) is 0 Å². The maximum Gasteiger partial charge on any atom is 0.125 e. The van der Waals surface area contributed by atoms with E-state index >= 15 is 0 Å². The maximum atomic E-state index is 7.74. The zero-order chi connectivity index (χ0) is 12.2. The molecule has 1 heterocycles. The third-order valence-electron chi connectivity index (χ3n) is 2.11. The molecule has 0 fully saturated rings. The summed E-state index contributed by atoms with van der Waals surface area (Å²) in [6, 6.07) is 3.87. The van der Waals surface area contributed by atoms with E-state index in [-0.39, 0.29) is 5.41 Å². The number of ether oxygens (including phenoxy) is 1. The Kier molecular flexibility index (Phi) is 4.01. The molecule has 1 aromatic heterocycles. The Bertz CT molecular complexity index is 385. The second-order valence-electron chi connectivity index (χ2n) is 4.73. The number of amidine groups is 1. The first kappa shape index (κ1) is 12.6. The smallest absolute Gasteiger partial charge is 0.125 e. The highest BCUT2D eigenvalue weighted by molar-refractivity contribution is 5.94. The minimum atomic E-state index is -0.210. The van der Waals surface area contributed by atoms with Crippen LogP contribution in [0.1, 0.15) is 32.2 Å². The van der Waals surface area contributed by atoms with E-state index in [9.17, 15) is 0 Å². The number of nitrogens with zero attached hydrogens (tertiary/aromatic N) is 1. The van der Waals surface area contributed by atoms with Gasteiger partial charge in [-0.2, -0.15) is 0 Å². The normalized spacial score (nSPS) is 12.2. The zero-order valence-corrected chi connectivity index (χ0v) is 10.3. The predicted molar refractivity (Wildman–Crippen MR) is 66.3 cm³/mol. The van der Waals surface area contributed by atoms with Gasteiger partial charge in [0.1, 0.15) is 5.84 Å². The second kappa shape index (κ2) is 5.07. The van der Waals surface area contributed by atoms with Crippen LogP contribution in [0.4, 0.5) is 0 Å². The molecule has 4 nitrogen and oxygen atoms in total. The van der Waals surface area contributed by atoms with Crippen LogP contribution in [0.5, 0.6) is 0 Å². The van der Waals surface area contributed by atoms with Crippen molar-refractivity contribution >= 4 is 12.1 Å². The molecular weight excluding hydrogens is 202 g/mol. The molecule has 0 aliphatic rings. The Morgan fingerprint density at radius 3 is 2.75 bits per heavy atom. The highest BCUT2D eigenvalue weighted by Gasteiger charge is 2.15. The van der Waals surface area contributed by atoms with Crippen molar-refractivity contribution in [3.63, 3.8) is 0 Å². The van der Waals surface area contributed by atoms with E-state index in [4.69, 9.17) is 10.1 Å². The molecule has 0 saturated carbocycles. The first-order chi connectivity index (χ1) is 7.43. The van der Waals surface area contributed by atoms with Crippen LogP contribution in [-0.4, -0.2) is 24.1 Å². The molecule has 88 valence electrons. The average Bonchev–Trinajstić information content (AvgIpc) is 2.61. The van der Waals surface area contributed by atoms with E-state index in [1.54, 1.807) is 13.3 Å². The first-order valence-corrected chi connectivity index (χ1v) is 5.23. The van der Waals surface area contributed by atoms with Crippen molar-refractivity contribution < 1.29 is 4.74 Å². The van der Waals surface area contributed by atoms with Gasteiger partial charge in [-0.25, -0.2) is 4.99 Å². The Balaban J connectivity index is 2.66. The number of H-pyrrole nitrogens is 1. The molecule has 0 radical (unpaired) electrons. The van der Waals surface area contributed by atoms with Crippen LogP contribution in [-0.2, 0) is 11.3 Å². The molecule has 4 heteroatoms. The summed E-state index contributed by atoms with van der Waals surface area (Å²) in [5.41, 5.74) is 1.69. The van der Waals surface area contributed by atoms with Crippen molar-refractivity contribution in [1.29, 1.82) is 5.41 Å². The summed E-state index contributed by atoms with van der Waals surface area (Å²) in [6.45, 7) is 6.47. The van der Waals surface area contributed by atoms with Crippen LogP contribution in [0, 0.1) is 10.8 Å². The van der Waals surface area contributed by atoms with Gasteiger partial charge >= 0.3 is 0 Å². The third kappa shape index (κ3) is 3.62. The Labute approximate surface area is 96.3 Å². The Morgan fingerprint density at radius 2 is 2.19 bits per heavy atom. The highest BCUT2D eigenvalue weighted by atomic mass is 16.5. The molecule has 0 aliphatic carbocycles. The molecular formula is C12H19N3O. The summed E-state index contributed by atoms with van der Waals surface area (Å²) in [5.74, 6) is 0.371.